The zero-order valence-corrected chi connectivity index (χ0v) is 16.9. The minimum absolute atomic E-state index is 0.177. The fourth-order valence-corrected chi connectivity index (χ4v) is 2.26. The summed E-state index contributed by atoms with van der Waals surface area (Å²) in [5.41, 5.74) is 5.79. The van der Waals surface area contributed by atoms with Crippen molar-refractivity contribution in [3.63, 3.8) is 0 Å². The molecule has 11 nitrogen and oxygen atoms in total. The van der Waals surface area contributed by atoms with E-state index in [0.29, 0.717) is 6.42 Å². The molecule has 0 aromatic carbocycles. The van der Waals surface area contributed by atoms with Crippen molar-refractivity contribution in [3.8, 4) is 0 Å². The van der Waals surface area contributed by atoms with E-state index in [-0.39, 0.29) is 11.7 Å². The van der Waals surface area contributed by atoms with Crippen LogP contribution in [0, 0.1) is 5.92 Å². The second-order valence-corrected chi connectivity index (χ2v) is 6.75. The topological polar surface area (TPSA) is 188 Å². The molecule has 5 atom stereocenters. The van der Waals surface area contributed by atoms with E-state index in [1.165, 1.54) is 6.92 Å². The van der Waals surface area contributed by atoms with Crippen LogP contribution in [0.1, 0.15) is 33.6 Å². The molecular formula is C16H28N4O7S. The Morgan fingerprint density at radius 1 is 0.929 bits per heavy atom. The summed E-state index contributed by atoms with van der Waals surface area (Å²) >= 11 is 3.94. The first kappa shape index (κ1) is 25.7. The molecular weight excluding hydrogens is 392 g/mol. The van der Waals surface area contributed by atoms with E-state index in [1.54, 1.807) is 6.92 Å². The van der Waals surface area contributed by atoms with Crippen LogP contribution >= 0.6 is 12.6 Å². The number of carbonyl (C=O) groups is 5. The first-order valence-electron chi connectivity index (χ1n) is 8.66. The number of nitrogens with two attached hydrogens (primary N) is 1. The minimum Gasteiger partial charge on any atom is -0.481 e. The molecule has 3 amide bonds. The molecule has 0 aromatic rings. The van der Waals surface area contributed by atoms with E-state index in [1.807, 2.05) is 6.92 Å². The molecule has 0 aliphatic heterocycles. The van der Waals surface area contributed by atoms with Crippen molar-refractivity contribution < 1.29 is 34.2 Å². The molecule has 12 heteroatoms. The summed E-state index contributed by atoms with van der Waals surface area (Å²) in [5.74, 6) is -5.41. The Bertz CT molecular complexity index is 602. The summed E-state index contributed by atoms with van der Waals surface area (Å²) in [5, 5.41) is 24.5. The third-order valence-corrected chi connectivity index (χ3v) is 4.48. The van der Waals surface area contributed by atoms with Crippen molar-refractivity contribution in [1.29, 1.82) is 0 Å². The Balaban J connectivity index is 5.17. The molecule has 160 valence electrons. The van der Waals surface area contributed by atoms with Gasteiger partial charge in [-0.3, -0.25) is 24.0 Å². The fraction of sp³-hybridized carbons (Fsp3) is 0.688. The van der Waals surface area contributed by atoms with E-state index >= 15 is 0 Å². The maximum atomic E-state index is 12.4. The van der Waals surface area contributed by atoms with Gasteiger partial charge < -0.3 is 31.9 Å². The summed E-state index contributed by atoms with van der Waals surface area (Å²) in [7, 11) is 0. The summed E-state index contributed by atoms with van der Waals surface area (Å²) in [6.45, 7) is 4.80. The number of carboxylic acid groups (broad SMARTS) is 2. The predicted molar refractivity (Wildman–Crippen MR) is 103 cm³/mol. The molecule has 0 saturated carbocycles. The number of amides is 3. The number of hydrogen-bond acceptors (Lipinski definition) is 7. The molecule has 7 N–H and O–H groups in total. The van der Waals surface area contributed by atoms with Crippen LogP contribution in [0.3, 0.4) is 0 Å². The molecule has 0 spiro atoms. The molecule has 0 radical (unpaired) electrons. The van der Waals surface area contributed by atoms with E-state index < -0.39 is 60.2 Å². The molecule has 0 aliphatic rings. The minimum atomic E-state index is -1.47. The van der Waals surface area contributed by atoms with Gasteiger partial charge >= 0.3 is 11.9 Å². The Kier molecular flexibility index (Phi) is 11.2. The Hall–Kier alpha value is -2.34. The van der Waals surface area contributed by atoms with Gasteiger partial charge in [-0.15, -0.1) is 0 Å². The maximum Gasteiger partial charge on any atom is 0.325 e. The van der Waals surface area contributed by atoms with Crippen molar-refractivity contribution >= 4 is 42.3 Å². The molecule has 28 heavy (non-hydrogen) atoms. The predicted octanol–water partition coefficient (Wildman–Crippen LogP) is -1.68. The van der Waals surface area contributed by atoms with Crippen LogP contribution in [-0.4, -0.2) is 69.8 Å². The molecule has 0 aromatic heterocycles. The second kappa shape index (κ2) is 12.2. The highest BCUT2D eigenvalue weighted by atomic mass is 32.1. The molecule has 0 heterocycles. The first-order chi connectivity index (χ1) is 12.9. The SMILES string of the molecule is CCC(C)C(N)C(=O)NC(CC(=O)O)C(=O)NC(CS)C(=O)NC(C)C(=O)O. The number of aliphatic carboxylic acids is 2. The number of hydrogen-bond donors (Lipinski definition) is 7. The number of nitrogens with one attached hydrogen (secondary N) is 3. The van der Waals surface area contributed by atoms with Crippen LogP contribution in [-0.2, 0) is 24.0 Å². The number of rotatable bonds is 12. The van der Waals surface area contributed by atoms with Crippen LogP contribution in [0.25, 0.3) is 0 Å². The van der Waals surface area contributed by atoms with Gasteiger partial charge in [0.15, 0.2) is 0 Å². The zero-order chi connectivity index (χ0) is 22.0. The highest BCUT2D eigenvalue weighted by Crippen LogP contribution is 2.06. The summed E-state index contributed by atoms with van der Waals surface area (Å²) < 4.78 is 0. The fourth-order valence-electron chi connectivity index (χ4n) is 2.01. The summed E-state index contributed by atoms with van der Waals surface area (Å²) in [6.07, 6.45) is -0.120. The van der Waals surface area contributed by atoms with Gasteiger partial charge in [-0.05, 0) is 12.8 Å². The molecule has 0 saturated heterocycles. The smallest absolute Gasteiger partial charge is 0.325 e. The van der Waals surface area contributed by atoms with Crippen LogP contribution in [0.15, 0.2) is 0 Å². The summed E-state index contributed by atoms with van der Waals surface area (Å²) in [4.78, 5) is 58.5. The number of thiol groups is 1. The van der Waals surface area contributed by atoms with Crippen LogP contribution in [0.2, 0.25) is 0 Å². The van der Waals surface area contributed by atoms with Crippen molar-refractivity contribution in [2.45, 2.75) is 57.8 Å². The lowest BCUT2D eigenvalue weighted by Crippen LogP contribution is -2.58. The largest absolute Gasteiger partial charge is 0.481 e. The Morgan fingerprint density at radius 2 is 1.43 bits per heavy atom. The quantitative estimate of drug-likeness (QED) is 0.182. The van der Waals surface area contributed by atoms with Gasteiger partial charge in [0, 0.05) is 5.75 Å². The van der Waals surface area contributed by atoms with Crippen molar-refractivity contribution in [2.75, 3.05) is 5.75 Å². The van der Waals surface area contributed by atoms with Gasteiger partial charge in [-0.1, -0.05) is 20.3 Å². The molecule has 5 unspecified atom stereocenters. The van der Waals surface area contributed by atoms with Crippen LogP contribution < -0.4 is 21.7 Å². The van der Waals surface area contributed by atoms with Gasteiger partial charge in [-0.2, -0.15) is 12.6 Å². The highest BCUT2D eigenvalue weighted by Gasteiger charge is 2.31. The average Bonchev–Trinajstić information content (AvgIpc) is 2.62. The zero-order valence-electron chi connectivity index (χ0n) is 16.0. The Morgan fingerprint density at radius 3 is 1.86 bits per heavy atom. The maximum absolute atomic E-state index is 12.4. The summed E-state index contributed by atoms with van der Waals surface area (Å²) in [6, 6.07) is -4.83. The van der Waals surface area contributed by atoms with Crippen LogP contribution in [0.5, 0.6) is 0 Å². The van der Waals surface area contributed by atoms with E-state index in [9.17, 15) is 24.0 Å². The van der Waals surface area contributed by atoms with E-state index in [2.05, 4.69) is 28.6 Å². The van der Waals surface area contributed by atoms with Crippen molar-refractivity contribution in [2.24, 2.45) is 11.7 Å². The second-order valence-electron chi connectivity index (χ2n) is 6.38. The van der Waals surface area contributed by atoms with Gasteiger partial charge in [0.1, 0.15) is 18.1 Å². The third-order valence-electron chi connectivity index (χ3n) is 4.12. The lowest BCUT2D eigenvalue weighted by molar-refractivity contribution is -0.142. The van der Waals surface area contributed by atoms with Crippen molar-refractivity contribution in [3.05, 3.63) is 0 Å². The molecule has 0 rings (SSSR count). The monoisotopic (exact) mass is 420 g/mol. The lowest BCUT2D eigenvalue weighted by Gasteiger charge is -2.24. The highest BCUT2D eigenvalue weighted by molar-refractivity contribution is 7.80. The normalized spacial score (nSPS) is 16.0. The first-order valence-corrected chi connectivity index (χ1v) is 9.29. The third kappa shape index (κ3) is 8.57. The number of carbonyl (C=O) groups excluding carboxylic acids is 3. The number of carboxylic acids is 2. The van der Waals surface area contributed by atoms with Gasteiger partial charge in [-0.25, -0.2) is 0 Å². The molecule has 0 fully saturated rings. The van der Waals surface area contributed by atoms with Crippen LogP contribution in [0.4, 0.5) is 0 Å². The van der Waals surface area contributed by atoms with Gasteiger partial charge in [0.05, 0.1) is 12.5 Å². The molecule has 0 aliphatic carbocycles. The standard InChI is InChI=1S/C16H28N4O7S/c1-4-7(2)12(17)15(25)19-9(5-11(21)22)13(23)20-10(6-28)14(24)18-8(3)16(26)27/h7-10,12,28H,4-6,17H2,1-3H3,(H,18,24)(H,19,25)(H,20,23)(H,21,22)(H,26,27). The Labute approximate surface area is 168 Å². The van der Waals surface area contributed by atoms with Crippen molar-refractivity contribution in [1.82, 2.24) is 16.0 Å². The molecule has 0 bridgehead atoms. The van der Waals surface area contributed by atoms with E-state index in [4.69, 9.17) is 15.9 Å². The van der Waals surface area contributed by atoms with E-state index in [0.717, 1.165) is 0 Å². The van der Waals surface area contributed by atoms with Gasteiger partial charge in [0.25, 0.3) is 0 Å². The van der Waals surface area contributed by atoms with Gasteiger partial charge in [0.2, 0.25) is 17.7 Å². The lowest BCUT2D eigenvalue weighted by atomic mass is 9.99. The average molecular weight is 420 g/mol.